The van der Waals surface area contributed by atoms with Gasteiger partial charge < -0.3 is 14.8 Å². The Kier molecular flexibility index (Phi) is 3.80. The van der Waals surface area contributed by atoms with Crippen molar-refractivity contribution in [3.63, 3.8) is 0 Å². The molecular weight excluding hydrogens is 202 g/mol. The second-order valence-electron chi connectivity index (χ2n) is 4.06. The van der Waals surface area contributed by atoms with Crippen LogP contribution in [-0.4, -0.2) is 20.4 Å². The second kappa shape index (κ2) is 5.32. The van der Waals surface area contributed by atoms with Crippen molar-refractivity contribution in [2.45, 2.75) is 25.8 Å². The van der Waals surface area contributed by atoms with Gasteiger partial charge >= 0.3 is 0 Å². The van der Waals surface area contributed by atoms with Crippen LogP contribution in [0.1, 0.15) is 30.5 Å². The van der Waals surface area contributed by atoms with Crippen molar-refractivity contribution < 1.29 is 9.47 Å². The van der Waals surface area contributed by atoms with E-state index in [1.165, 1.54) is 17.5 Å². The van der Waals surface area contributed by atoms with Gasteiger partial charge in [-0.3, -0.25) is 0 Å². The lowest BCUT2D eigenvalue weighted by atomic mass is 10.1. The van der Waals surface area contributed by atoms with Gasteiger partial charge in [0.25, 0.3) is 0 Å². The SMILES string of the molecule is CCNC1CCc2cc(OCOC)ccc21. The molecule has 1 N–H and O–H groups in total. The molecule has 0 saturated heterocycles. The van der Waals surface area contributed by atoms with E-state index in [-0.39, 0.29) is 0 Å². The maximum Gasteiger partial charge on any atom is 0.188 e. The van der Waals surface area contributed by atoms with Crippen LogP contribution in [0.25, 0.3) is 0 Å². The molecule has 0 aliphatic heterocycles. The van der Waals surface area contributed by atoms with Crippen LogP contribution in [0.4, 0.5) is 0 Å². The molecule has 1 unspecified atom stereocenters. The Morgan fingerprint density at radius 3 is 3.06 bits per heavy atom. The van der Waals surface area contributed by atoms with E-state index in [1.807, 2.05) is 6.07 Å². The van der Waals surface area contributed by atoms with Gasteiger partial charge in [0.05, 0.1) is 0 Å². The number of hydrogen-bond donors (Lipinski definition) is 1. The van der Waals surface area contributed by atoms with Gasteiger partial charge in [-0.25, -0.2) is 0 Å². The number of fused-ring (bicyclic) bond motifs is 1. The highest BCUT2D eigenvalue weighted by molar-refractivity contribution is 5.40. The summed E-state index contributed by atoms with van der Waals surface area (Å²) in [6.45, 7) is 3.48. The minimum Gasteiger partial charge on any atom is -0.468 e. The molecule has 88 valence electrons. The number of aryl methyl sites for hydroxylation is 1. The Morgan fingerprint density at radius 2 is 2.31 bits per heavy atom. The molecule has 0 amide bonds. The summed E-state index contributed by atoms with van der Waals surface area (Å²) in [4.78, 5) is 0. The third kappa shape index (κ3) is 2.36. The van der Waals surface area contributed by atoms with Crippen molar-refractivity contribution >= 4 is 0 Å². The molecule has 0 aromatic heterocycles. The molecule has 0 bridgehead atoms. The first-order chi connectivity index (χ1) is 7.85. The number of rotatable bonds is 5. The number of methoxy groups -OCH3 is 1. The molecule has 1 aromatic rings. The van der Waals surface area contributed by atoms with Gasteiger partial charge in [-0.1, -0.05) is 13.0 Å². The van der Waals surface area contributed by atoms with Crippen LogP contribution < -0.4 is 10.1 Å². The van der Waals surface area contributed by atoms with Gasteiger partial charge in [-0.2, -0.15) is 0 Å². The van der Waals surface area contributed by atoms with Gasteiger partial charge in [0.2, 0.25) is 0 Å². The third-order valence-electron chi connectivity index (χ3n) is 2.99. The first kappa shape index (κ1) is 11.4. The average Bonchev–Trinajstić information content (AvgIpc) is 2.70. The first-order valence-electron chi connectivity index (χ1n) is 5.83. The van der Waals surface area contributed by atoms with E-state index in [0.29, 0.717) is 12.8 Å². The van der Waals surface area contributed by atoms with Gasteiger partial charge in [-0.15, -0.1) is 0 Å². The van der Waals surface area contributed by atoms with E-state index in [0.717, 1.165) is 18.7 Å². The highest BCUT2D eigenvalue weighted by Gasteiger charge is 2.21. The summed E-state index contributed by atoms with van der Waals surface area (Å²) >= 11 is 0. The third-order valence-corrected chi connectivity index (χ3v) is 2.99. The maximum absolute atomic E-state index is 5.43. The molecule has 0 fully saturated rings. The predicted molar refractivity (Wildman–Crippen MR) is 63.7 cm³/mol. The molecule has 1 aliphatic rings. The number of hydrogen-bond acceptors (Lipinski definition) is 3. The number of ether oxygens (including phenoxy) is 2. The van der Waals surface area contributed by atoms with E-state index < -0.39 is 0 Å². The van der Waals surface area contributed by atoms with Crippen molar-refractivity contribution in [2.24, 2.45) is 0 Å². The summed E-state index contributed by atoms with van der Waals surface area (Å²) in [5.41, 5.74) is 2.83. The molecule has 3 nitrogen and oxygen atoms in total. The highest BCUT2D eigenvalue weighted by Crippen LogP contribution is 2.33. The molecule has 0 heterocycles. The van der Waals surface area contributed by atoms with E-state index in [9.17, 15) is 0 Å². The van der Waals surface area contributed by atoms with Crippen LogP contribution in [0.3, 0.4) is 0 Å². The summed E-state index contributed by atoms with van der Waals surface area (Å²) < 4.78 is 10.3. The zero-order chi connectivity index (χ0) is 11.4. The number of nitrogens with one attached hydrogen (secondary N) is 1. The van der Waals surface area contributed by atoms with Crippen molar-refractivity contribution in [1.29, 1.82) is 0 Å². The van der Waals surface area contributed by atoms with E-state index in [2.05, 4.69) is 24.4 Å². The van der Waals surface area contributed by atoms with Crippen LogP contribution in [0.2, 0.25) is 0 Å². The lowest BCUT2D eigenvalue weighted by molar-refractivity contribution is 0.0511. The van der Waals surface area contributed by atoms with Crippen molar-refractivity contribution in [3.05, 3.63) is 29.3 Å². The molecule has 16 heavy (non-hydrogen) atoms. The summed E-state index contributed by atoms with van der Waals surface area (Å²) in [5, 5.41) is 3.50. The van der Waals surface area contributed by atoms with E-state index in [1.54, 1.807) is 7.11 Å². The van der Waals surface area contributed by atoms with E-state index in [4.69, 9.17) is 9.47 Å². The topological polar surface area (TPSA) is 30.5 Å². The largest absolute Gasteiger partial charge is 0.468 e. The lowest BCUT2D eigenvalue weighted by Gasteiger charge is -2.12. The molecule has 0 saturated carbocycles. The van der Waals surface area contributed by atoms with Gasteiger partial charge in [0.15, 0.2) is 6.79 Å². The minimum atomic E-state index is 0.315. The fraction of sp³-hybridized carbons (Fsp3) is 0.538. The fourth-order valence-electron chi connectivity index (χ4n) is 2.27. The van der Waals surface area contributed by atoms with Crippen LogP contribution in [0.5, 0.6) is 5.75 Å². The maximum atomic E-state index is 5.43. The van der Waals surface area contributed by atoms with Crippen molar-refractivity contribution in [3.8, 4) is 5.75 Å². The predicted octanol–water partition coefficient (Wildman–Crippen LogP) is 2.27. The lowest BCUT2D eigenvalue weighted by Crippen LogP contribution is -2.18. The summed E-state index contributed by atoms with van der Waals surface area (Å²) in [5.74, 6) is 0.901. The molecule has 1 aromatic carbocycles. The molecule has 3 heteroatoms. The number of benzene rings is 1. The molecule has 1 aliphatic carbocycles. The molecule has 1 atom stereocenters. The highest BCUT2D eigenvalue weighted by atomic mass is 16.7. The Bertz CT molecular complexity index is 352. The molecule has 0 spiro atoms. The zero-order valence-electron chi connectivity index (χ0n) is 9.95. The van der Waals surface area contributed by atoms with Crippen LogP contribution in [0, 0.1) is 0 Å². The smallest absolute Gasteiger partial charge is 0.188 e. The standard InChI is InChI=1S/C13H19NO2/c1-3-14-13-7-4-10-8-11(16-9-15-2)5-6-12(10)13/h5-6,8,13-14H,3-4,7,9H2,1-2H3. The van der Waals surface area contributed by atoms with Crippen molar-refractivity contribution in [2.75, 3.05) is 20.4 Å². The molecule has 0 radical (unpaired) electrons. The molecular formula is C13H19NO2. The minimum absolute atomic E-state index is 0.315. The first-order valence-corrected chi connectivity index (χ1v) is 5.83. The Labute approximate surface area is 96.8 Å². The van der Waals surface area contributed by atoms with Gasteiger partial charge in [0.1, 0.15) is 5.75 Å². The van der Waals surface area contributed by atoms with Crippen molar-refractivity contribution in [1.82, 2.24) is 5.32 Å². The van der Waals surface area contributed by atoms with Gasteiger partial charge in [0, 0.05) is 13.2 Å². The summed E-state index contributed by atoms with van der Waals surface area (Å²) in [7, 11) is 1.63. The average molecular weight is 221 g/mol. The normalized spacial score (nSPS) is 18.5. The van der Waals surface area contributed by atoms with E-state index >= 15 is 0 Å². The Morgan fingerprint density at radius 1 is 1.44 bits per heavy atom. The quantitative estimate of drug-likeness (QED) is 0.774. The van der Waals surface area contributed by atoms with Crippen LogP contribution >= 0.6 is 0 Å². The van der Waals surface area contributed by atoms with Gasteiger partial charge in [-0.05, 0) is 42.6 Å². The summed E-state index contributed by atoms with van der Waals surface area (Å²) in [6.07, 6.45) is 2.33. The second-order valence-corrected chi connectivity index (χ2v) is 4.06. The molecule has 2 rings (SSSR count). The monoisotopic (exact) mass is 221 g/mol. The zero-order valence-corrected chi connectivity index (χ0v) is 9.95. The fourth-order valence-corrected chi connectivity index (χ4v) is 2.27. The Hall–Kier alpha value is -1.06. The summed E-state index contributed by atoms with van der Waals surface area (Å²) in [6, 6.07) is 6.84. The van der Waals surface area contributed by atoms with Crippen LogP contribution in [0.15, 0.2) is 18.2 Å². The van der Waals surface area contributed by atoms with Crippen LogP contribution in [-0.2, 0) is 11.2 Å². The Balaban J connectivity index is 2.09.